The summed E-state index contributed by atoms with van der Waals surface area (Å²) in [5.41, 5.74) is 2.17. The molecule has 4 aromatic rings. The van der Waals surface area contributed by atoms with E-state index in [2.05, 4.69) is 9.97 Å². The van der Waals surface area contributed by atoms with Gasteiger partial charge in [0.25, 0.3) is 5.56 Å². The number of nitrogens with zero attached hydrogens (tertiary/aromatic N) is 1. The number of H-pyrrole nitrogens is 1. The number of hydrogen-bond donors (Lipinski definition) is 2. The number of aromatic nitrogens is 2. The maximum absolute atomic E-state index is 12.9. The van der Waals surface area contributed by atoms with Crippen LogP contribution < -0.4 is 5.56 Å². The summed E-state index contributed by atoms with van der Waals surface area (Å²) < 4.78 is 0. The molecule has 1 heterocycles. The van der Waals surface area contributed by atoms with Crippen LogP contribution in [0.1, 0.15) is 15.9 Å². The molecule has 0 aliphatic carbocycles. The number of phenolic OH excluding ortho intramolecular Hbond substituents is 1. The Balaban J connectivity index is 1.93. The first-order valence-electron chi connectivity index (χ1n) is 8.05. The normalized spacial score (nSPS) is 10.8. The lowest BCUT2D eigenvalue weighted by molar-refractivity contribution is 0.103. The van der Waals surface area contributed by atoms with Crippen molar-refractivity contribution < 1.29 is 9.90 Å². The maximum atomic E-state index is 12.9. The average Bonchev–Trinajstić information content (AvgIpc) is 2.69. The van der Waals surface area contributed by atoms with Gasteiger partial charge >= 0.3 is 0 Å². The first-order chi connectivity index (χ1) is 12.6. The lowest BCUT2D eigenvalue weighted by atomic mass is 9.93. The van der Waals surface area contributed by atoms with E-state index in [-0.39, 0.29) is 28.0 Å². The van der Waals surface area contributed by atoms with E-state index >= 15 is 0 Å². The van der Waals surface area contributed by atoms with Crippen LogP contribution in [0, 0.1) is 0 Å². The molecule has 3 aromatic carbocycles. The lowest BCUT2D eigenvalue weighted by Gasteiger charge is -2.10. The van der Waals surface area contributed by atoms with Gasteiger partial charge < -0.3 is 10.1 Å². The summed E-state index contributed by atoms with van der Waals surface area (Å²) in [6, 6.07) is 19.3. The van der Waals surface area contributed by atoms with Crippen LogP contribution in [0.4, 0.5) is 0 Å². The van der Waals surface area contributed by atoms with E-state index in [4.69, 9.17) is 0 Å². The monoisotopic (exact) mass is 342 g/mol. The molecule has 0 fully saturated rings. The molecular weight excluding hydrogens is 328 g/mol. The molecule has 0 unspecified atom stereocenters. The molecule has 5 nitrogen and oxygen atoms in total. The van der Waals surface area contributed by atoms with E-state index in [9.17, 15) is 14.7 Å². The van der Waals surface area contributed by atoms with Crippen LogP contribution in [0.2, 0.25) is 0 Å². The molecule has 0 bridgehead atoms. The highest BCUT2D eigenvalue weighted by Gasteiger charge is 2.16. The summed E-state index contributed by atoms with van der Waals surface area (Å²) in [6.07, 6.45) is 1.25. The lowest BCUT2D eigenvalue weighted by Crippen LogP contribution is -2.07. The molecule has 0 saturated carbocycles. The summed E-state index contributed by atoms with van der Waals surface area (Å²) in [7, 11) is 0. The van der Waals surface area contributed by atoms with Crippen molar-refractivity contribution in [2.45, 2.75) is 0 Å². The number of hydrogen-bond acceptors (Lipinski definition) is 4. The largest absolute Gasteiger partial charge is 0.506 e. The molecule has 0 atom stereocenters. The third kappa shape index (κ3) is 2.65. The Kier molecular flexibility index (Phi) is 3.82. The number of rotatable bonds is 3. The van der Waals surface area contributed by atoms with Gasteiger partial charge in [0.15, 0.2) is 5.78 Å². The Labute approximate surface area is 148 Å². The predicted octanol–water partition coefficient (Wildman–Crippen LogP) is 3.53. The first-order valence-corrected chi connectivity index (χ1v) is 8.05. The van der Waals surface area contributed by atoms with Crippen molar-refractivity contribution in [3.63, 3.8) is 0 Å². The first kappa shape index (κ1) is 15.8. The van der Waals surface area contributed by atoms with E-state index in [0.29, 0.717) is 22.3 Å². The van der Waals surface area contributed by atoms with Crippen LogP contribution in [0.25, 0.3) is 22.0 Å². The van der Waals surface area contributed by atoms with Gasteiger partial charge in [0.1, 0.15) is 11.3 Å². The van der Waals surface area contributed by atoms with Gasteiger partial charge in [0.05, 0.1) is 11.7 Å². The number of aromatic amines is 1. The summed E-state index contributed by atoms with van der Waals surface area (Å²) >= 11 is 0. The molecule has 4 rings (SSSR count). The fraction of sp³-hybridized carbons (Fsp3) is 0. The van der Waals surface area contributed by atoms with Gasteiger partial charge in [-0.25, -0.2) is 4.98 Å². The second-order valence-corrected chi connectivity index (χ2v) is 5.86. The van der Waals surface area contributed by atoms with Gasteiger partial charge in [-0.3, -0.25) is 9.59 Å². The molecule has 0 amide bonds. The van der Waals surface area contributed by atoms with E-state index in [0.717, 1.165) is 0 Å². The Morgan fingerprint density at radius 3 is 2.50 bits per heavy atom. The van der Waals surface area contributed by atoms with Crippen LogP contribution in [-0.4, -0.2) is 20.9 Å². The summed E-state index contributed by atoms with van der Waals surface area (Å²) in [4.78, 5) is 31.5. The predicted molar refractivity (Wildman–Crippen MR) is 99.3 cm³/mol. The molecule has 0 saturated heterocycles. The summed E-state index contributed by atoms with van der Waals surface area (Å²) in [6.45, 7) is 0. The number of ketones is 1. The third-order valence-electron chi connectivity index (χ3n) is 4.24. The van der Waals surface area contributed by atoms with Gasteiger partial charge in [0.2, 0.25) is 0 Å². The van der Waals surface area contributed by atoms with Gasteiger partial charge in [-0.1, -0.05) is 54.6 Å². The van der Waals surface area contributed by atoms with Crippen LogP contribution in [0.15, 0.2) is 77.9 Å². The quantitative estimate of drug-likeness (QED) is 0.558. The van der Waals surface area contributed by atoms with Crippen LogP contribution in [-0.2, 0) is 0 Å². The zero-order valence-electron chi connectivity index (χ0n) is 13.6. The molecule has 2 N–H and O–H groups in total. The highest BCUT2D eigenvalue weighted by atomic mass is 16.3. The Morgan fingerprint density at radius 2 is 1.69 bits per heavy atom. The minimum Gasteiger partial charge on any atom is -0.506 e. The Hall–Kier alpha value is -3.73. The third-order valence-corrected chi connectivity index (χ3v) is 4.24. The molecule has 1 aromatic heterocycles. The number of fused-ring (bicyclic) bond motifs is 1. The molecule has 0 aliphatic heterocycles. The summed E-state index contributed by atoms with van der Waals surface area (Å²) in [5, 5.41) is 10.6. The fourth-order valence-corrected chi connectivity index (χ4v) is 2.99. The minimum atomic E-state index is -0.348. The zero-order valence-corrected chi connectivity index (χ0v) is 13.6. The van der Waals surface area contributed by atoms with Crippen molar-refractivity contribution in [2.24, 2.45) is 0 Å². The van der Waals surface area contributed by atoms with Crippen molar-refractivity contribution in [2.75, 3.05) is 0 Å². The second kappa shape index (κ2) is 6.29. The molecule has 0 aliphatic rings. The number of benzene rings is 3. The van der Waals surface area contributed by atoms with Gasteiger partial charge in [-0.05, 0) is 23.3 Å². The standard InChI is InChI=1S/C21H14N2O3/c24-18-11-14(10-17-19(18)22-12-23-21(17)26)15-8-4-5-9-16(15)20(25)13-6-2-1-3-7-13/h1-12,24H,(H,22,23,26). The topological polar surface area (TPSA) is 83.0 Å². The highest BCUT2D eigenvalue weighted by Crippen LogP contribution is 2.31. The zero-order chi connectivity index (χ0) is 18.1. The van der Waals surface area contributed by atoms with Gasteiger partial charge in [0, 0.05) is 11.1 Å². The van der Waals surface area contributed by atoms with E-state index in [1.54, 1.807) is 36.4 Å². The van der Waals surface area contributed by atoms with Crippen molar-refractivity contribution in [1.82, 2.24) is 9.97 Å². The highest BCUT2D eigenvalue weighted by molar-refractivity contribution is 6.13. The van der Waals surface area contributed by atoms with E-state index in [1.165, 1.54) is 12.4 Å². The van der Waals surface area contributed by atoms with Gasteiger partial charge in [-0.15, -0.1) is 0 Å². The second-order valence-electron chi connectivity index (χ2n) is 5.86. The smallest absolute Gasteiger partial charge is 0.258 e. The number of carbonyl (C=O) groups excluding carboxylic acids is 1. The SMILES string of the molecule is O=C(c1ccccc1)c1ccccc1-c1cc(O)c2nc[nH]c(=O)c2c1. The molecule has 0 spiro atoms. The van der Waals surface area contributed by atoms with Crippen LogP contribution in [0.5, 0.6) is 5.75 Å². The average molecular weight is 342 g/mol. The number of nitrogens with one attached hydrogen (secondary N) is 1. The van der Waals surface area contributed by atoms with E-state index in [1.807, 2.05) is 24.3 Å². The maximum Gasteiger partial charge on any atom is 0.258 e. The number of phenols is 1. The van der Waals surface area contributed by atoms with Crippen molar-refractivity contribution in [1.29, 1.82) is 0 Å². The molecule has 126 valence electrons. The van der Waals surface area contributed by atoms with Crippen LogP contribution >= 0.6 is 0 Å². The van der Waals surface area contributed by atoms with Gasteiger partial charge in [-0.2, -0.15) is 0 Å². The Morgan fingerprint density at radius 1 is 0.962 bits per heavy atom. The van der Waals surface area contributed by atoms with Crippen molar-refractivity contribution in [3.05, 3.63) is 94.5 Å². The number of carbonyl (C=O) groups is 1. The van der Waals surface area contributed by atoms with Crippen LogP contribution in [0.3, 0.4) is 0 Å². The molecule has 5 heteroatoms. The minimum absolute atomic E-state index is 0.106. The molecule has 26 heavy (non-hydrogen) atoms. The molecular formula is C21H14N2O3. The Bertz CT molecular complexity index is 1180. The fourth-order valence-electron chi connectivity index (χ4n) is 2.99. The van der Waals surface area contributed by atoms with Crippen molar-refractivity contribution >= 4 is 16.7 Å². The van der Waals surface area contributed by atoms with Crippen molar-refractivity contribution in [3.8, 4) is 16.9 Å². The number of aromatic hydroxyl groups is 1. The summed E-state index contributed by atoms with van der Waals surface area (Å²) in [5.74, 6) is -0.230. The van der Waals surface area contributed by atoms with E-state index < -0.39 is 0 Å². The molecule has 0 radical (unpaired) electrons.